The first kappa shape index (κ1) is 20.7. The molecule has 4 nitrogen and oxygen atoms in total. The van der Waals surface area contributed by atoms with E-state index in [-0.39, 0.29) is 5.91 Å². The molecule has 0 aliphatic carbocycles. The molecule has 0 bridgehead atoms. The fraction of sp³-hybridized carbons (Fsp3) is 0.423. The summed E-state index contributed by atoms with van der Waals surface area (Å²) in [6, 6.07) is 17.7. The Hall–Kier alpha value is -2.59. The number of likely N-dealkylation sites (tertiary alicyclic amines) is 1. The molecule has 0 saturated carbocycles. The smallest absolute Gasteiger partial charge is 0.220 e. The van der Waals surface area contributed by atoms with Crippen molar-refractivity contribution in [2.24, 2.45) is 0 Å². The molecule has 1 amide bonds. The highest BCUT2D eigenvalue weighted by Crippen LogP contribution is 2.20. The number of fused-ring (bicyclic) bond motifs is 1. The summed E-state index contributed by atoms with van der Waals surface area (Å²) in [4.78, 5) is 18.1. The highest BCUT2D eigenvalue weighted by atomic mass is 16.1. The van der Waals surface area contributed by atoms with Crippen LogP contribution in [0, 0.1) is 0 Å². The number of hydrogen-bond donors (Lipinski definition) is 2. The summed E-state index contributed by atoms with van der Waals surface area (Å²) in [5.41, 5.74) is 4.97. The van der Waals surface area contributed by atoms with Gasteiger partial charge < -0.3 is 10.3 Å². The molecule has 3 aromatic rings. The molecule has 1 saturated heterocycles. The summed E-state index contributed by atoms with van der Waals surface area (Å²) in [6.45, 7) is 5.17. The molecule has 1 fully saturated rings. The minimum absolute atomic E-state index is 0.126. The Labute approximate surface area is 179 Å². The van der Waals surface area contributed by atoms with Crippen LogP contribution in [-0.2, 0) is 24.3 Å². The number of rotatable bonds is 8. The topological polar surface area (TPSA) is 48.1 Å². The molecule has 4 rings (SSSR count). The van der Waals surface area contributed by atoms with Crippen LogP contribution in [0.4, 0.5) is 0 Å². The summed E-state index contributed by atoms with van der Waals surface area (Å²) in [6.07, 6.45) is 8.39. The lowest BCUT2D eigenvalue weighted by atomic mass is 10.0. The molecule has 1 atom stereocenters. The van der Waals surface area contributed by atoms with Crippen LogP contribution in [0.15, 0.2) is 54.7 Å². The number of nitrogens with one attached hydrogen (secondary N) is 2. The second kappa shape index (κ2) is 9.94. The van der Waals surface area contributed by atoms with Crippen LogP contribution in [0.2, 0.25) is 0 Å². The number of carbonyl (C=O) groups is 1. The number of aromatic amines is 1. The van der Waals surface area contributed by atoms with Crippen molar-refractivity contribution in [2.75, 3.05) is 6.54 Å². The molecule has 158 valence electrons. The van der Waals surface area contributed by atoms with Gasteiger partial charge in [0.2, 0.25) is 5.91 Å². The standard InChI is InChI=1S/C26H33N3O/c1-20-7-4-5-16-29(20)19-22-14-12-21(13-15-22)17-28-26(30)11-6-8-23-18-27-25-10-3-2-9-24(23)25/h2-3,9-10,12-15,18,20,27H,4-8,11,16-17,19H2,1H3,(H,28,30)/t20-/m1/s1. The zero-order chi connectivity index (χ0) is 20.8. The van der Waals surface area contributed by atoms with Crippen molar-refractivity contribution in [3.05, 3.63) is 71.4 Å². The molecule has 2 aromatic carbocycles. The second-order valence-electron chi connectivity index (χ2n) is 8.62. The van der Waals surface area contributed by atoms with Gasteiger partial charge in [-0.15, -0.1) is 0 Å². The summed E-state index contributed by atoms with van der Waals surface area (Å²) in [7, 11) is 0. The van der Waals surface area contributed by atoms with Crippen molar-refractivity contribution in [3.8, 4) is 0 Å². The van der Waals surface area contributed by atoms with Crippen LogP contribution in [0.25, 0.3) is 10.9 Å². The molecule has 4 heteroatoms. The van der Waals surface area contributed by atoms with Crippen molar-refractivity contribution < 1.29 is 4.79 Å². The predicted octanol–water partition coefficient (Wildman–Crippen LogP) is 5.18. The van der Waals surface area contributed by atoms with Crippen molar-refractivity contribution in [1.29, 1.82) is 0 Å². The number of para-hydroxylation sites is 1. The average molecular weight is 404 g/mol. The van der Waals surface area contributed by atoms with Gasteiger partial charge in [-0.25, -0.2) is 0 Å². The lowest BCUT2D eigenvalue weighted by molar-refractivity contribution is -0.121. The van der Waals surface area contributed by atoms with Gasteiger partial charge in [-0.05, 0) is 61.9 Å². The van der Waals surface area contributed by atoms with E-state index in [1.807, 2.05) is 6.07 Å². The van der Waals surface area contributed by atoms with Crippen LogP contribution in [0.5, 0.6) is 0 Å². The van der Waals surface area contributed by atoms with E-state index in [4.69, 9.17) is 0 Å². The second-order valence-corrected chi connectivity index (χ2v) is 8.62. The number of carbonyl (C=O) groups excluding carboxylic acids is 1. The van der Waals surface area contributed by atoms with Gasteiger partial charge in [0.05, 0.1) is 0 Å². The number of hydrogen-bond acceptors (Lipinski definition) is 2. The number of aromatic nitrogens is 1. The molecular weight excluding hydrogens is 370 g/mol. The maximum absolute atomic E-state index is 12.2. The Morgan fingerprint density at radius 2 is 1.90 bits per heavy atom. The van der Waals surface area contributed by atoms with Gasteiger partial charge in [-0.1, -0.05) is 48.9 Å². The van der Waals surface area contributed by atoms with Crippen LogP contribution in [-0.4, -0.2) is 28.4 Å². The van der Waals surface area contributed by atoms with Crippen molar-refractivity contribution in [2.45, 2.75) is 64.6 Å². The fourth-order valence-corrected chi connectivity index (χ4v) is 4.46. The minimum atomic E-state index is 0.126. The largest absolute Gasteiger partial charge is 0.361 e. The van der Waals surface area contributed by atoms with Gasteiger partial charge in [0.25, 0.3) is 0 Å². The molecule has 1 aliphatic heterocycles. The van der Waals surface area contributed by atoms with Crippen LogP contribution < -0.4 is 5.32 Å². The Morgan fingerprint density at radius 3 is 2.73 bits per heavy atom. The van der Waals surface area contributed by atoms with Gasteiger partial charge in [-0.2, -0.15) is 0 Å². The molecule has 0 unspecified atom stereocenters. The van der Waals surface area contributed by atoms with E-state index in [1.165, 1.54) is 42.3 Å². The molecule has 0 radical (unpaired) electrons. The summed E-state index contributed by atoms with van der Waals surface area (Å²) >= 11 is 0. The molecule has 30 heavy (non-hydrogen) atoms. The number of benzene rings is 2. The van der Waals surface area contributed by atoms with Crippen LogP contribution in [0.1, 0.15) is 55.7 Å². The van der Waals surface area contributed by atoms with Gasteiger partial charge in [-0.3, -0.25) is 9.69 Å². The fourth-order valence-electron chi connectivity index (χ4n) is 4.46. The quantitative estimate of drug-likeness (QED) is 0.544. The molecule has 2 heterocycles. The van der Waals surface area contributed by atoms with Crippen LogP contribution >= 0.6 is 0 Å². The molecule has 0 spiro atoms. The SMILES string of the molecule is C[C@@H]1CCCCN1Cc1ccc(CNC(=O)CCCc2c[nH]c3ccccc23)cc1. The van der Waals surface area contributed by atoms with E-state index in [9.17, 15) is 4.79 Å². The molecule has 1 aromatic heterocycles. The van der Waals surface area contributed by atoms with Gasteiger partial charge in [0.1, 0.15) is 0 Å². The summed E-state index contributed by atoms with van der Waals surface area (Å²) < 4.78 is 0. The Bertz CT molecular complexity index is 960. The first-order valence-electron chi connectivity index (χ1n) is 11.3. The van der Waals surface area contributed by atoms with E-state index in [0.717, 1.165) is 30.5 Å². The lowest BCUT2D eigenvalue weighted by Gasteiger charge is -2.33. The van der Waals surface area contributed by atoms with Gasteiger partial charge in [0, 0.05) is 42.7 Å². The van der Waals surface area contributed by atoms with E-state index in [2.05, 4.69) is 70.8 Å². The Morgan fingerprint density at radius 1 is 1.10 bits per heavy atom. The van der Waals surface area contributed by atoms with E-state index in [0.29, 0.717) is 19.0 Å². The number of piperidine rings is 1. The third kappa shape index (κ3) is 5.31. The monoisotopic (exact) mass is 403 g/mol. The molecule has 2 N–H and O–H groups in total. The van der Waals surface area contributed by atoms with E-state index in [1.54, 1.807) is 0 Å². The van der Waals surface area contributed by atoms with E-state index < -0.39 is 0 Å². The highest BCUT2D eigenvalue weighted by Gasteiger charge is 2.17. The van der Waals surface area contributed by atoms with Crippen molar-refractivity contribution >= 4 is 16.8 Å². The third-order valence-electron chi connectivity index (χ3n) is 6.36. The normalized spacial score (nSPS) is 17.3. The molecular formula is C26H33N3O. The zero-order valence-corrected chi connectivity index (χ0v) is 18.0. The number of amides is 1. The van der Waals surface area contributed by atoms with E-state index >= 15 is 0 Å². The van der Waals surface area contributed by atoms with Crippen molar-refractivity contribution in [3.63, 3.8) is 0 Å². The first-order valence-corrected chi connectivity index (χ1v) is 11.3. The molecule has 1 aliphatic rings. The zero-order valence-electron chi connectivity index (χ0n) is 18.0. The maximum Gasteiger partial charge on any atom is 0.220 e. The first-order chi connectivity index (χ1) is 14.7. The maximum atomic E-state index is 12.2. The van der Waals surface area contributed by atoms with Crippen LogP contribution in [0.3, 0.4) is 0 Å². The summed E-state index contributed by atoms with van der Waals surface area (Å²) in [5.74, 6) is 0.126. The number of nitrogens with zero attached hydrogens (tertiary/aromatic N) is 1. The average Bonchev–Trinajstić information content (AvgIpc) is 3.18. The predicted molar refractivity (Wildman–Crippen MR) is 123 cm³/mol. The highest BCUT2D eigenvalue weighted by molar-refractivity contribution is 5.83. The lowest BCUT2D eigenvalue weighted by Crippen LogP contribution is -2.36. The minimum Gasteiger partial charge on any atom is -0.361 e. The van der Waals surface area contributed by atoms with Crippen molar-refractivity contribution in [1.82, 2.24) is 15.2 Å². The number of H-pyrrole nitrogens is 1. The third-order valence-corrected chi connectivity index (χ3v) is 6.36. The van der Waals surface area contributed by atoms with Gasteiger partial charge in [0.15, 0.2) is 0 Å². The summed E-state index contributed by atoms with van der Waals surface area (Å²) in [5, 5.41) is 4.33. The Balaban J connectivity index is 1.19. The van der Waals surface area contributed by atoms with Gasteiger partial charge >= 0.3 is 0 Å². The number of aryl methyl sites for hydroxylation is 1. The Kier molecular flexibility index (Phi) is 6.85.